The molecule has 3 aromatic heterocycles. The van der Waals surface area contributed by atoms with E-state index in [0.29, 0.717) is 5.82 Å². The Labute approximate surface area is 291 Å². The third-order valence-corrected chi connectivity index (χ3v) is 11.3. The summed E-state index contributed by atoms with van der Waals surface area (Å²) < 4.78 is 4.94. The van der Waals surface area contributed by atoms with Crippen LogP contribution >= 0.6 is 11.3 Å². The number of benzene rings is 8. The largest absolute Gasteiger partial charge is 0.294 e. The molecule has 11 aromatic rings. The number of para-hydroxylation sites is 2. The van der Waals surface area contributed by atoms with Crippen LogP contribution in [0.5, 0.6) is 0 Å². The summed E-state index contributed by atoms with van der Waals surface area (Å²) >= 11 is 1.89. The Kier molecular flexibility index (Phi) is 5.83. The van der Waals surface area contributed by atoms with E-state index in [4.69, 9.17) is 9.97 Å². The Morgan fingerprint density at radius 1 is 0.380 bits per heavy atom. The van der Waals surface area contributed by atoms with E-state index in [2.05, 4.69) is 150 Å². The molecule has 0 radical (unpaired) electrons. The highest BCUT2D eigenvalue weighted by molar-refractivity contribution is 7.26. The van der Waals surface area contributed by atoms with Gasteiger partial charge in [0, 0.05) is 48.1 Å². The summed E-state index contributed by atoms with van der Waals surface area (Å²) in [6.07, 6.45) is 0. The highest BCUT2D eigenvalue weighted by Gasteiger charge is 2.19. The van der Waals surface area contributed by atoms with Crippen LogP contribution in [0.4, 0.5) is 0 Å². The molecular formula is C46H27N3S. The second kappa shape index (κ2) is 10.6. The smallest absolute Gasteiger partial charge is 0.162 e. The molecule has 0 bridgehead atoms. The van der Waals surface area contributed by atoms with Crippen molar-refractivity contribution in [3.63, 3.8) is 0 Å². The van der Waals surface area contributed by atoms with Crippen molar-refractivity contribution in [2.24, 2.45) is 0 Å². The van der Waals surface area contributed by atoms with E-state index >= 15 is 0 Å². The monoisotopic (exact) mass is 653 g/mol. The normalized spacial score (nSPS) is 12.0. The molecule has 0 unspecified atom stereocenters. The summed E-state index contributed by atoms with van der Waals surface area (Å²) in [6, 6.07) is 58.7. The Morgan fingerprint density at radius 2 is 0.980 bits per heavy atom. The Bertz CT molecular complexity index is 3040. The molecule has 3 heterocycles. The van der Waals surface area contributed by atoms with Gasteiger partial charge in [0.1, 0.15) is 5.82 Å². The van der Waals surface area contributed by atoms with E-state index in [0.717, 1.165) is 33.7 Å². The van der Waals surface area contributed by atoms with Crippen LogP contribution in [0.1, 0.15) is 0 Å². The average Bonchev–Trinajstić information content (AvgIpc) is 3.74. The molecule has 8 aromatic carbocycles. The van der Waals surface area contributed by atoms with E-state index in [-0.39, 0.29) is 0 Å². The lowest BCUT2D eigenvalue weighted by atomic mass is 9.92. The van der Waals surface area contributed by atoms with Crippen molar-refractivity contribution < 1.29 is 0 Å². The number of nitrogens with zero attached hydrogens (tertiary/aromatic N) is 3. The van der Waals surface area contributed by atoms with Crippen LogP contribution in [0.25, 0.3) is 103 Å². The van der Waals surface area contributed by atoms with Gasteiger partial charge >= 0.3 is 0 Å². The lowest BCUT2D eigenvalue weighted by Crippen LogP contribution is -2.02. The predicted molar refractivity (Wildman–Crippen MR) is 212 cm³/mol. The Hall–Kier alpha value is -6.36. The van der Waals surface area contributed by atoms with Gasteiger partial charge in [-0.05, 0) is 69.1 Å². The van der Waals surface area contributed by atoms with Gasteiger partial charge in [0.15, 0.2) is 5.82 Å². The van der Waals surface area contributed by atoms with Gasteiger partial charge in [-0.15, -0.1) is 11.3 Å². The lowest BCUT2D eigenvalue weighted by molar-refractivity contribution is 1.05. The Morgan fingerprint density at radius 3 is 1.76 bits per heavy atom. The SMILES string of the molecule is c1ccc(-c2nc(-c3cccc(-c4cc5sc6cccc7c8ccccc8c(c4)c5c67)c3)cc(-n3c4ccccc4c4ccccc43)n2)cc1. The quantitative estimate of drug-likeness (QED) is 0.177. The zero-order chi connectivity index (χ0) is 32.8. The minimum Gasteiger partial charge on any atom is -0.294 e. The maximum atomic E-state index is 5.21. The van der Waals surface area contributed by atoms with Crippen LogP contribution in [-0.2, 0) is 0 Å². The van der Waals surface area contributed by atoms with Crippen LogP contribution in [0, 0.1) is 0 Å². The highest BCUT2D eigenvalue weighted by atomic mass is 32.1. The molecule has 0 saturated heterocycles. The molecule has 4 heteroatoms. The second-order valence-corrected chi connectivity index (χ2v) is 14.1. The summed E-state index contributed by atoms with van der Waals surface area (Å²) in [4.78, 5) is 10.4. The lowest BCUT2D eigenvalue weighted by Gasteiger charge is -2.13. The van der Waals surface area contributed by atoms with Gasteiger partial charge in [0.2, 0.25) is 0 Å². The number of thiophene rings is 1. The van der Waals surface area contributed by atoms with E-state index in [1.165, 1.54) is 63.6 Å². The number of hydrogen-bond donors (Lipinski definition) is 0. The van der Waals surface area contributed by atoms with E-state index in [1.807, 2.05) is 29.5 Å². The molecule has 232 valence electrons. The minimum absolute atomic E-state index is 0.703. The number of rotatable bonds is 4. The van der Waals surface area contributed by atoms with Gasteiger partial charge in [-0.3, -0.25) is 4.57 Å². The summed E-state index contributed by atoms with van der Waals surface area (Å²) in [5.41, 5.74) is 7.55. The van der Waals surface area contributed by atoms with Crippen LogP contribution in [0.15, 0.2) is 164 Å². The summed E-state index contributed by atoms with van der Waals surface area (Å²) in [5, 5.41) is 10.4. The first-order chi connectivity index (χ1) is 24.8. The van der Waals surface area contributed by atoms with E-state index in [9.17, 15) is 0 Å². The molecule has 0 atom stereocenters. The van der Waals surface area contributed by atoms with Gasteiger partial charge in [-0.1, -0.05) is 121 Å². The molecule has 0 aliphatic heterocycles. The summed E-state index contributed by atoms with van der Waals surface area (Å²) in [7, 11) is 0. The maximum absolute atomic E-state index is 5.21. The van der Waals surface area contributed by atoms with Crippen LogP contribution in [0.2, 0.25) is 0 Å². The molecule has 0 fully saturated rings. The van der Waals surface area contributed by atoms with Gasteiger partial charge in [0.25, 0.3) is 0 Å². The predicted octanol–water partition coefficient (Wildman–Crippen LogP) is 12.7. The molecule has 11 rings (SSSR count). The van der Waals surface area contributed by atoms with Crippen molar-refractivity contribution in [3.8, 4) is 39.6 Å². The fraction of sp³-hybridized carbons (Fsp3) is 0. The highest BCUT2D eigenvalue weighted by Crippen LogP contribution is 2.46. The molecular weight excluding hydrogens is 627 g/mol. The zero-order valence-electron chi connectivity index (χ0n) is 26.8. The van der Waals surface area contributed by atoms with Gasteiger partial charge in [-0.2, -0.15) is 0 Å². The standard InChI is InChI=1S/C46H27N3S/c1-2-12-28(13-3-1)46-47-38(27-43(48-46)49-39-21-8-6-18-34(39)35-19-7-9-22-40(35)49)30-15-10-14-29(24-30)31-25-37-33-17-5-4-16-32(33)36-20-11-23-41-44(36)45(37)42(26-31)50-41/h1-27H. The first-order valence-corrected chi connectivity index (χ1v) is 17.7. The maximum Gasteiger partial charge on any atom is 0.162 e. The minimum atomic E-state index is 0.703. The molecule has 0 aliphatic carbocycles. The fourth-order valence-corrected chi connectivity index (χ4v) is 9.14. The third-order valence-electron chi connectivity index (χ3n) is 10.2. The first kappa shape index (κ1) is 27.6. The number of aromatic nitrogens is 3. The molecule has 0 amide bonds. The van der Waals surface area contributed by atoms with Crippen LogP contribution in [0.3, 0.4) is 0 Å². The van der Waals surface area contributed by atoms with Crippen molar-refractivity contribution in [1.29, 1.82) is 0 Å². The Balaban J connectivity index is 1.14. The van der Waals surface area contributed by atoms with Crippen molar-refractivity contribution in [2.75, 3.05) is 0 Å². The molecule has 50 heavy (non-hydrogen) atoms. The average molecular weight is 654 g/mol. The molecule has 3 nitrogen and oxygen atoms in total. The van der Waals surface area contributed by atoms with Crippen LogP contribution < -0.4 is 0 Å². The summed E-state index contributed by atoms with van der Waals surface area (Å²) in [5.74, 6) is 1.55. The van der Waals surface area contributed by atoms with Gasteiger partial charge in [-0.25, -0.2) is 9.97 Å². The summed E-state index contributed by atoms with van der Waals surface area (Å²) in [6.45, 7) is 0. The van der Waals surface area contributed by atoms with E-state index < -0.39 is 0 Å². The molecule has 0 aliphatic rings. The van der Waals surface area contributed by atoms with Crippen molar-refractivity contribution in [2.45, 2.75) is 0 Å². The first-order valence-electron chi connectivity index (χ1n) is 16.9. The van der Waals surface area contributed by atoms with Gasteiger partial charge in [0.05, 0.1) is 16.7 Å². The molecule has 0 spiro atoms. The second-order valence-electron chi connectivity index (χ2n) is 13.0. The van der Waals surface area contributed by atoms with Crippen molar-refractivity contribution >= 4 is 74.9 Å². The number of hydrogen-bond acceptors (Lipinski definition) is 3. The third kappa shape index (κ3) is 4.03. The van der Waals surface area contributed by atoms with Crippen LogP contribution in [-0.4, -0.2) is 14.5 Å². The molecule has 0 saturated carbocycles. The number of fused-ring (bicyclic) bond motifs is 6. The van der Waals surface area contributed by atoms with Gasteiger partial charge < -0.3 is 0 Å². The van der Waals surface area contributed by atoms with Crippen molar-refractivity contribution in [3.05, 3.63) is 164 Å². The van der Waals surface area contributed by atoms with E-state index in [1.54, 1.807) is 0 Å². The van der Waals surface area contributed by atoms with Crippen molar-refractivity contribution in [1.82, 2.24) is 14.5 Å². The molecule has 0 N–H and O–H groups in total. The fourth-order valence-electron chi connectivity index (χ4n) is 7.94. The topological polar surface area (TPSA) is 30.7 Å². The zero-order valence-corrected chi connectivity index (χ0v) is 27.7.